The minimum atomic E-state index is -0.0644. The molecule has 1 amide bonds. The maximum Gasteiger partial charge on any atom is 0.220 e. The van der Waals surface area contributed by atoms with Crippen molar-refractivity contribution in [1.82, 2.24) is 20.1 Å². The third-order valence-corrected chi connectivity index (χ3v) is 7.85. The van der Waals surface area contributed by atoms with Crippen LogP contribution in [0.2, 0.25) is 0 Å². The highest BCUT2D eigenvalue weighted by Gasteiger charge is 2.18. The molecule has 1 heterocycles. The van der Waals surface area contributed by atoms with Crippen molar-refractivity contribution in [2.24, 2.45) is 0 Å². The second kappa shape index (κ2) is 13.3. The molecule has 0 saturated heterocycles. The summed E-state index contributed by atoms with van der Waals surface area (Å²) in [5.74, 6) is 1.64. The molecule has 1 unspecified atom stereocenters. The number of nitrogens with zero attached hydrogens (tertiary/aromatic N) is 3. The maximum atomic E-state index is 13.0. The molecule has 0 aliphatic rings. The summed E-state index contributed by atoms with van der Waals surface area (Å²) in [4.78, 5) is 13.0. The van der Waals surface area contributed by atoms with Gasteiger partial charge in [0, 0.05) is 23.4 Å². The highest BCUT2D eigenvalue weighted by atomic mass is 32.2. The van der Waals surface area contributed by atoms with Crippen LogP contribution in [0.1, 0.15) is 41.1 Å². The van der Waals surface area contributed by atoms with Crippen LogP contribution >= 0.6 is 11.8 Å². The van der Waals surface area contributed by atoms with Gasteiger partial charge in [-0.15, -0.1) is 10.2 Å². The second-order valence-corrected chi connectivity index (χ2v) is 11.1. The fourth-order valence-electron chi connectivity index (χ4n) is 4.63. The average molecular weight is 547 g/mol. The molecular weight excluding hydrogens is 512 g/mol. The smallest absolute Gasteiger partial charge is 0.220 e. The summed E-state index contributed by atoms with van der Waals surface area (Å²) in [6.45, 7) is 4.16. The summed E-state index contributed by atoms with van der Waals surface area (Å²) in [7, 11) is 0. The zero-order chi connectivity index (χ0) is 27.7. The zero-order valence-corrected chi connectivity index (χ0v) is 23.8. The van der Waals surface area contributed by atoms with E-state index in [1.54, 1.807) is 11.8 Å². The Morgan fingerprint density at radius 3 is 2.10 bits per heavy atom. The Morgan fingerprint density at radius 2 is 1.43 bits per heavy atom. The van der Waals surface area contributed by atoms with Crippen LogP contribution < -0.4 is 5.32 Å². The molecule has 6 heteroatoms. The highest BCUT2D eigenvalue weighted by Crippen LogP contribution is 2.29. The molecule has 0 aliphatic carbocycles. The molecule has 202 valence electrons. The molecule has 5 aromatic rings. The van der Waals surface area contributed by atoms with E-state index in [9.17, 15) is 4.79 Å². The van der Waals surface area contributed by atoms with Crippen molar-refractivity contribution >= 4 is 17.7 Å². The molecule has 0 bridgehead atoms. The van der Waals surface area contributed by atoms with E-state index in [1.807, 2.05) is 36.4 Å². The van der Waals surface area contributed by atoms with Crippen molar-refractivity contribution in [3.8, 4) is 17.1 Å². The number of nitrogens with one attached hydrogen (secondary N) is 1. The number of aromatic nitrogens is 3. The van der Waals surface area contributed by atoms with Crippen LogP contribution in [0.3, 0.4) is 0 Å². The molecular formula is C34H34N4OS. The first-order chi connectivity index (χ1) is 19.6. The lowest BCUT2D eigenvalue weighted by molar-refractivity contribution is -0.121. The van der Waals surface area contributed by atoms with Gasteiger partial charge in [0.05, 0.1) is 6.04 Å². The van der Waals surface area contributed by atoms with E-state index in [2.05, 4.69) is 107 Å². The van der Waals surface area contributed by atoms with E-state index >= 15 is 0 Å². The molecule has 1 atom stereocenters. The van der Waals surface area contributed by atoms with Crippen molar-refractivity contribution in [3.63, 3.8) is 0 Å². The van der Waals surface area contributed by atoms with Gasteiger partial charge in [0.15, 0.2) is 11.0 Å². The third kappa shape index (κ3) is 7.07. The largest absolute Gasteiger partial charge is 0.349 e. The number of benzene rings is 4. The number of rotatable bonds is 11. The Hall–Kier alpha value is -4.16. The molecule has 0 aliphatic heterocycles. The third-order valence-electron chi connectivity index (χ3n) is 6.83. The van der Waals surface area contributed by atoms with Gasteiger partial charge in [-0.2, -0.15) is 0 Å². The number of hydrogen-bond donors (Lipinski definition) is 1. The summed E-state index contributed by atoms with van der Waals surface area (Å²) in [5, 5.41) is 13.2. The van der Waals surface area contributed by atoms with Gasteiger partial charge in [0.1, 0.15) is 0 Å². The summed E-state index contributed by atoms with van der Waals surface area (Å²) >= 11 is 1.63. The summed E-state index contributed by atoms with van der Waals surface area (Å²) < 4.78 is 2.11. The van der Waals surface area contributed by atoms with Gasteiger partial charge in [0.25, 0.3) is 0 Å². The Kier molecular flexibility index (Phi) is 9.09. The minimum Gasteiger partial charge on any atom is -0.349 e. The first-order valence-corrected chi connectivity index (χ1v) is 14.7. The monoisotopic (exact) mass is 546 g/mol. The van der Waals surface area contributed by atoms with Gasteiger partial charge >= 0.3 is 0 Å². The van der Waals surface area contributed by atoms with E-state index in [-0.39, 0.29) is 11.9 Å². The number of aryl methyl sites for hydroxylation is 2. The molecule has 5 rings (SSSR count). The standard InChI is InChI=1S/C34H34N4OS/c1-25-15-19-29(20-16-25)33-36-37-34(38(33)30-21-17-26(2)18-22-30)40-23-9-14-32(39)35-31(28-12-7-4-8-13-28)24-27-10-5-3-6-11-27/h3-8,10-13,15-22,31H,9,14,23-24H2,1-2H3,(H,35,39). The maximum absolute atomic E-state index is 13.0. The van der Waals surface area contributed by atoms with Gasteiger partial charge in [-0.3, -0.25) is 9.36 Å². The van der Waals surface area contributed by atoms with Gasteiger partial charge in [-0.25, -0.2) is 0 Å². The Balaban J connectivity index is 1.24. The number of carbonyl (C=O) groups excluding carboxylic acids is 1. The molecule has 0 saturated carbocycles. The topological polar surface area (TPSA) is 59.8 Å². The van der Waals surface area contributed by atoms with Gasteiger partial charge in [0.2, 0.25) is 5.91 Å². The molecule has 40 heavy (non-hydrogen) atoms. The van der Waals surface area contributed by atoms with Crippen LogP contribution in [0.5, 0.6) is 0 Å². The Labute approximate surface area is 240 Å². The number of thioether (sulfide) groups is 1. The van der Waals surface area contributed by atoms with Gasteiger partial charge in [-0.1, -0.05) is 120 Å². The van der Waals surface area contributed by atoms with Crippen molar-refractivity contribution in [1.29, 1.82) is 0 Å². The van der Waals surface area contributed by atoms with E-state index in [0.717, 1.165) is 46.4 Å². The van der Waals surface area contributed by atoms with Crippen molar-refractivity contribution in [2.75, 3.05) is 5.75 Å². The summed E-state index contributed by atoms with van der Waals surface area (Å²) in [5.41, 5.74) is 6.77. The van der Waals surface area contributed by atoms with Crippen LogP contribution in [-0.2, 0) is 11.2 Å². The average Bonchev–Trinajstić information content (AvgIpc) is 3.40. The van der Waals surface area contributed by atoms with Crippen LogP contribution in [0.15, 0.2) is 114 Å². The fourth-order valence-corrected chi connectivity index (χ4v) is 5.52. The Morgan fingerprint density at radius 1 is 0.800 bits per heavy atom. The van der Waals surface area contributed by atoms with Crippen LogP contribution in [0.25, 0.3) is 17.1 Å². The number of carbonyl (C=O) groups is 1. The van der Waals surface area contributed by atoms with Crippen molar-refractivity contribution < 1.29 is 4.79 Å². The van der Waals surface area contributed by atoms with E-state index < -0.39 is 0 Å². The van der Waals surface area contributed by atoms with Gasteiger partial charge in [-0.05, 0) is 49.9 Å². The van der Waals surface area contributed by atoms with E-state index in [0.29, 0.717) is 6.42 Å². The van der Waals surface area contributed by atoms with Crippen molar-refractivity contribution in [3.05, 3.63) is 131 Å². The molecule has 0 fully saturated rings. The molecule has 0 spiro atoms. The molecule has 4 aromatic carbocycles. The van der Waals surface area contributed by atoms with Crippen LogP contribution in [0.4, 0.5) is 0 Å². The molecule has 1 N–H and O–H groups in total. The van der Waals surface area contributed by atoms with Crippen LogP contribution in [0, 0.1) is 13.8 Å². The highest BCUT2D eigenvalue weighted by molar-refractivity contribution is 7.99. The summed E-state index contributed by atoms with van der Waals surface area (Å²) in [6.07, 6.45) is 1.95. The minimum absolute atomic E-state index is 0.0609. The number of hydrogen-bond acceptors (Lipinski definition) is 4. The first-order valence-electron chi connectivity index (χ1n) is 13.7. The lowest BCUT2D eigenvalue weighted by Gasteiger charge is -2.19. The fraction of sp³-hybridized carbons (Fsp3) is 0.206. The second-order valence-electron chi connectivity index (χ2n) is 10.0. The molecule has 5 nitrogen and oxygen atoms in total. The predicted octanol–water partition coefficient (Wildman–Crippen LogP) is 7.52. The van der Waals surface area contributed by atoms with Crippen molar-refractivity contribution in [2.45, 2.75) is 44.3 Å². The normalized spacial score (nSPS) is 11.8. The SMILES string of the molecule is Cc1ccc(-c2nnc(SCCCC(=O)NC(Cc3ccccc3)c3ccccc3)n2-c2ccc(C)cc2)cc1. The lowest BCUT2D eigenvalue weighted by atomic mass is 9.98. The predicted molar refractivity (Wildman–Crippen MR) is 164 cm³/mol. The first kappa shape index (κ1) is 27.4. The molecule has 1 aromatic heterocycles. The van der Waals surface area contributed by atoms with Crippen LogP contribution in [-0.4, -0.2) is 26.4 Å². The molecule has 0 radical (unpaired) electrons. The Bertz CT molecular complexity index is 1510. The lowest BCUT2D eigenvalue weighted by Crippen LogP contribution is -2.29. The van der Waals surface area contributed by atoms with Gasteiger partial charge < -0.3 is 5.32 Å². The van der Waals surface area contributed by atoms with E-state index in [1.165, 1.54) is 16.7 Å². The zero-order valence-electron chi connectivity index (χ0n) is 23.0. The summed E-state index contributed by atoms with van der Waals surface area (Å²) in [6, 6.07) is 37.2. The number of amides is 1. The quantitative estimate of drug-likeness (QED) is 0.137. The van der Waals surface area contributed by atoms with E-state index in [4.69, 9.17) is 0 Å².